The van der Waals surface area contributed by atoms with E-state index in [9.17, 15) is 13.2 Å². The smallest absolute Gasteiger partial charge is 0.246 e. The summed E-state index contributed by atoms with van der Waals surface area (Å²) >= 11 is 0. The van der Waals surface area contributed by atoms with Gasteiger partial charge in [-0.3, -0.25) is 9.48 Å². The Bertz CT molecular complexity index is 1040. The van der Waals surface area contributed by atoms with E-state index in [0.717, 1.165) is 22.5 Å². The highest BCUT2D eigenvalue weighted by Crippen LogP contribution is 2.21. The highest BCUT2D eigenvalue weighted by Gasteiger charge is 2.29. The van der Waals surface area contributed by atoms with E-state index in [0.29, 0.717) is 37.0 Å². The second-order valence-corrected chi connectivity index (χ2v) is 9.93. The fourth-order valence-electron chi connectivity index (χ4n) is 3.61. The monoisotopic (exact) mass is 430 g/mol. The first-order chi connectivity index (χ1) is 14.1. The van der Waals surface area contributed by atoms with E-state index in [2.05, 4.69) is 18.9 Å². The molecule has 0 bridgehead atoms. The molecule has 1 fully saturated rings. The minimum Gasteiger partial charge on any atom is -0.337 e. The summed E-state index contributed by atoms with van der Waals surface area (Å²) in [5.74, 6) is 0.236. The summed E-state index contributed by atoms with van der Waals surface area (Å²) in [6, 6.07) is 7.07. The number of rotatable bonds is 5. The number of amides is 1. The van der Waals surface area contributed by atoms with Crippen LogP contribution in [-0.2, 0) is 21.9 Å². The van der Waals surface area contributed by atoms with Crippen molar-refractivity contribution in [3.05, 3.63) is 52.9 Å². The molecule has 7 nitrogen and oxygen atoms in total. The van der Waals surface area contributed by atoms with Gasteiger partial charge in [0, 0.05) is 50.6 Å². The summed E-state index contributed by atoms with van der Waals surface area (Å²) in [4.78, 5) is 14.6. The van der Waals surface area contributed by atoms with E-state index in [-0.39, 0.29) is 5.91 Å². The number of aromatic nitrogens is 2. The average Bonchev–Trinajstić information content (AvgIpc) is 2.97. The summed E-state index contributed by atoms with van der Waals surface area (Å²) < 4.78 is 29.1. The molecule has 8 heteroatoms. The van der Waals surface area contributed by atoms with Crippen LogP contribution >= 0.6 is 0 Å². The van der Waals surface area contributed by atoms with Gasteiger partial charge < -0.3 is 4.90 Å². The predicted molar refractivity (Wildman–Crippen MR) is 118 cm³/mol. The van der Waals surface area contributed by atoms with Crippen molar-refractivity contribution >= 4 is 22.0 Å². The van der Waals surface area contributed by atoms with Crippen molar-refractivity contribution < 1.29 is 13.2 Å². The number of sulfonamides is 1. The molecule has 0 unspecified atom stereocenters. The van der Waals surface area contributed by atoms with Gasteiger partial charge in [0.25, 0.3) is 0 Å². The summed E-state index contributed by atoms with van der Waals surface area (Å²) in [6.07, 6.45) is 3.34. The van der Waals surface area contributed by atoms with Crippen molar-refractivity contribution in [2.45, 2.75) is 38.5 Å². The van der Waals surface area contributed by atoms with E-state index in [1.807, 2.05) is 33.0 Å². The molecule has 162 valence electrons. The molecule has 0 saturated carbocycles. The lowest BCUT2D eigenvalue weighted by molar-refractivity contribution is -0.127. The van der Waals surface area contributed by atoms with Crippen LogP contribution in [0, 0.1) is 13.8 Å². The molecule has 0 spiro atoms. The standard InChI is InChI=1S/C22H30N4O3S/c1-16(2)19-6-8-20(9-7-19)30(28,29)26-14-12-25(13-15-26)22(27)11-10-21-17(3)23-24(5)18(21)4/h6-11,16H,12-15H2,1-5H3. The Morgan fingerprint density at radius 1 is 1.07 bits per heavy atom. The zero-order chi connectivity index (χ0) is 22.1. The van der Waals surface area contributed by atoms with Crippen molar-refractivity contribution in [3.8, 4) is 0 Å². The summed E-state index contributed by atoms with van der Waals surface area (Å²) in [5, 5.41) is 4.35. The van der Waals surface area contributed by atoms with Gasteiger partial charge in [0.15, 0.2) is 0 Å². The van der Waals surface area contributed by atoms with E-state index in [1.54, 1.807) is 33.9 Å². The third-order valence-corrected chi connectivity index (χ3v) is 7.61. The lowest BCUT2D eigenvalue weighted by atomic mass is 10.0. The van der Waals surface area contributed by atoms with Crippen molar-refractivity contribution in [2.75, 3.05) is 26.2 Å². The van der Waals surface area contributed by atoms with E-state index in [4.69, 9.17) is 0 Å². The molecule has 30 heavy (non-hydrogen) atoms. The number of benzene rings is 1. The lowest BCUT2D eigenvalue weighted by Crippen LogP contribution is -2.50. The molecule has 1 aliphatic heterocycles. The molecule has 0 radical (unpaired) electrons. The fraction of sp³-hybridized carbons (Fsp3) is 0.455. The molecule has 0 atom stereocenters. The first-order valence-corrected chi connectivity index (χ1v) is 11.6. The zero-order valence-corrected chi connectivity index (χ0v) is 19.1. The van der Waals surface area contributed by atoms with Gasteiger partial charge in [0.05, 0.1) is 10.6 Å². The zero-order valence-electron chi connectivity index (χ0n) is 18.3. The molecule has 0 aliphatic carbocycles. The quantitative estimate of drug-likeness (QED) is 0.684. The molecule has 1 amide bonds. The number of aryl methyl sites for hydroxylation is 2. The van der Waals surface area contributed by atoms with Crippen molar-refractivity contribution in [1.82, 2.24) is 19.0 Å². The number of carbonyl (C=O) groups is 1. The molecule has 1 aromatic carbocycles. The van der Waals surface area contributed by atoms with Crippen LogP contribution in [0.3, 0.4) is 0 Å². The highest BCUT2D eigenvalue weighted by molar-refractivity contribution is 7.89. The van der Waals surface area contributed by atoms with Gasteiger partial charge in [-0.25, -0.2) is 8.42 Å². The van der Waals surface area contributed by atoms with Crippen LogP contribution in [0.2, 0.25) is 0 Å². The van der Waals surface area contributed by atoms with Crippen LogP contribution in [0.25, 0.3) is 6.08 Å². The van der Waals surface area contributed by atoms with Crippen LogP contribution in [-0.4, -0.2) is 59.5 Å². The number of nitrogens with zero attached hydrogens (tertiary/aromatic N) is 4. The molecule has 2 heterocycles. The maximum Gasteiger partial charge on any atom is 0.246 e. The SMILES string of the molecule is Cc1nn(C)c(C)c1C=CC(=O)N1CCN(S(=O)(=O)c2ccc(C(C)C)cc2)CC1. The van der Waals surface area contributed by atoms with Crippen molar-refractivity contribution in [1.29, 1.82) is 0 Å². The Morgan fingerprint density at radius 3 is 2.17 bits per heavy atom. The van der Waals surface area contributed by atoms with Gasteiger partial charge in [-0.05, 0) is 43.5 Å². The molecular formula is C22H30N4O3S. The van der Waals surface area contributed by atoms with Gasteiger partial charge in [0.2, 0.25) is 15.9 Å². The van der Waals surface area contributed by atoms with Crippen LogP contribution < -0.4 is 0 Å². The highest BCUT2D eigenvalue weighted by atomic mass is 32.2. The first kappa shape index (κ1) is 22.2. The third kappa shape index (κ3) is 4.49. The molecular weight excluding hydrogens is 400 g/mol. The van der Waals surface area contributed by atoms with Gasteiger partial charge >= 0.3 is 0 Å². The Morgan fingerprint density at radius 2 is 1.67 bits per heavy atom. The van der Waals surface area contributed by atoms with Crippen LogP contribution in [0.15, 0.2) is 35.2 Å². The topological polar surface area (TPSA) is 75.5 Å². The number of carbonyl (C=O) groups excluding carboxylic acids is 1. The Labute approximate surface area is 179 Å². The van der Waals surface area contributed by atoms with Gasteiger partial charge in [-0.1, -0.05) is 26.0 Å². The predicted octanol–water partition coefficient (Wildman–Crippen LogP) is 2.71. The Kier molecular flexibility index (Phi) is 6.47. The normalized spacial score (nSPS) is 16.0. The summed E-state index contributed by atoms with van der Waals surface area (Å²) in [7, 11) is -1.68. The van der Waals surface area contributed by atoms with Crippen molar-refractivity contribution in [2.24, 2.45) is 7.05 Å². The number of hydrogen-bond acceptors (Lipinski definition) is 4. The number of hydrogen-bond donors (Lipinski definition) is 0. The summed E-state index contributed by atoms with van der Waals surface area (Å²) in [5.41, 5.74) is 3.92. The molecule has 1 aromatic heterocycles. The van der Waals surface area contributed by atoms with Gasteiger partial charge in [-0.15, -0.1) is 0 Å². The van der Waals surface area contributed by atoms with Crippen LogP contribution in [0.5, 0.6) is 0 Å². The Hall–Kier alpha value is -2.45. The minimum absolute atomic E-state index is 0.115. The average molecular weight is 431 g/mol. The van der Waals surface area contributed by atoms with Crippen LogP contribution in [0.1, 0.15) is 42.3 Å². The van der Waals surface area contributed by atoms with Gasteiger partial charge in [-0.2, -0.15) is 9.40 Å². The molecule has 1 aliphatic rings. The lowest BCUT2D eigenvalue weighted by Gasteiger charge is -2.33. The van der Waals surface area contributed by atoms with Crippen LogP contribution in [0.4, 0.5) is 0 Å². The molecule has 2 aromatic rings. The molecule has 0 N–H and O–H groups in total. The summed E-state index contributed by atoms with van der Waals surface area (Å²) in [6.45, 7) is 9.35. The largest absolute Gasteiger partial charge is 0.337 e. The molecule has 3 rings (SSSR count). The van der Waals surface area contributed by atoms with E-state index in [1.165, 1.54) is 4.31 Å². The van der Waals surface area contributed by atoms with Gasteiger partial charge in [0.1, 0.15) is 0 Å². The van der Waals surface area contributed by atoms with Crippen molar-refractivity contribution in [3.63, 3.8) is 0 Å². The van der Waals surface area contributed by atoms with E-state index < -0.39 is 10.0 Å². The fourth-order valence-corrected chi connectivity index (χ4v) is 5.04. The maximum atomic E-state index is 12.9. The molecule has 1 saturated heterocycles. The Balaban J connectivity index is 1.63. The first-order valence-electron chi connectivity index (χ1n) is 10.2. The second-order valence-electron chi connectivity index (χ2n) is 7.99. The number of piperazine rings is 1. The maximum absolute atomic E-state index is 12.9. The van der Waals surface area contributed by atoms with E-state index >= 15 is 0 Å². The minimum atomic E-state index is -3.55. The second kappa shape index (κ2) is 8.73. The third-order valence-electron chi connectivity index (χ3n) is 5.69.